The first-order valence-corrected chi connectivity index (χ1v) is 4.98. The van der Waals surface area contributed by atoms with Gasteiger partial charge in [-0.3, -0.25) is 4.98 Å². The molecule has 0 atom stereocenters. The van der Waals surface area contributed by atoms with Crippen molar-refractivity contribution in [3.63, 3.8) is 0 Å². The maximum absolute atomic E-state index is 9.09. The van der Waals surface area contributed by atoms with Crippen molar-refractivity contribution in [1.82, 2.24) is 10.3 Å². The molecule has 0 bridgehead atoms. The van der Waals surface area contributed by atoms with Crippen LogP contribution in [0.1, 0.15) is 18.2 Å². The van der Waals surface area contributed by atoms with Crippen molar-refractivity contribution in [3.05, 3.63) is 29.6 Å². The number of hydrogen-bond donors (Lipinski definition) is 3. The number of aromatic nitrogens is 1. The summed E-state index contributed by atoms with van der Waals surface area (Å²) in [5.74, 6) is 0. The van der Waals surface area contributed by atoms with Crippen LogP contribution in [0.2, 0.25) is 0 Å². The van der Waals surface area contributed by atoms with Gasteiger partial charge < -0.3 is 15.5 Å². The second kappa shape index (κ2) is 5.21. The lowest BCUT2D eigenvalue weighted by Gasteiger charge is -2.26. The summed E-state index contributed by atoms with van der Waals surface area (Å²) in [6, 6.07) is 3.85. The van der Waals surface area contributed by atoms with E-state index < -0.39 is 5.54 Å². The largest absolute Gasteiger partial charge is 0.394 e. The number of pyridine rings is 1. The van der Waals surface area contributed by atoms with Crippen molar-refractivity contribution in [1.29, 1.82) is 0 Å². The van der Waals surface area contributed by atoms with E-state index in [2.05, 4.69) is 10.3 Å². The van der Waals surface area contributed by atoms with Crippen molar-refractivity contribution in [2.24, 2.45) is 0 Å². The normalized spacial score (nSPS) is 11.7. The van der Waals surface area contributed by atoms with E-state index in [0.29, 0.717) is 6.54 Å². The van der Waals surface area contributed by atoms with Gasteiger partial charge in [0.2, 0.25) is 0 Å². The fourth-order valence-electron chi connectivity index (χ4n) is 1.17. The van der Waals surface area contributed by atoms with Gasteiger partial charge >= 0.3 is 0 Å². The van der Waals surface area contributed by atoms with Crippen LogP contribution in [-0.2, 0) is 6.54 Å². The highest BCUT2D eigenvalue weighted by atomic mass is 16.3. The third-order valence-electron chi connectivity index (χ3n) is 2.52. The number of aryl methyl sites for hydroxylation is 1. The van der Waals surface area contributed by atoms with E-state index in [0.717, 1.165) is 11.3 Å². The van der Waals surface area contributed by atoms with Crippen LogP contribution in [0.15, 0.2) is 18.3 Å². The van der Waals surface area contributed by atoms with Crippen LogP contribution in [0.25, 0.3) is 0 Å². The molecular formula is C11H18N2O2. The van der Waals surface area contributed by atoms with E-state index in [1.54, 1.807) is 13.1 Å². The number of rotatable bonds is 5. The molecule has 0 radical (unpaired) electrons. The molecular weight excluding hydrogens is 192 g/mol. The van der Waals surface area contributed by atoms with Gasteiger partial charge in [0, 0.05) is 18.4 Å². The van der Waals surface area contributed by atoms with Crippen molar-refractivity contribution in [2.45, 2.75) is 25.9 Å². The van der Waals surface area contributed by atoms with Crippen LogP contribution < -0.4 is 5.32 Å². The topological polar surface area (TPSA) is 65.4 Å². The highest BCUT2D eigenvalue weighted by Crippen LogP contribution is 2.07. The molecule has 1 aromatic heterocycles. The minimum atomic E-state index is -0.637. The molecule has 3 N–H and O–H groups in total. The summed E-state index contributed by atoms with van der Waals surface area (Å²) in [7, 11) is 0. The maximum Gasteiger partial charge on any atom is 0.0633 e. The molecule has 84 valence electrons. The van der Waals surface area contributed by atoms with Gasteiger partial charge in [-0.1, -0.05) is 6.07 Å². The van der Waals surface area contributed by atoms with Crippen LogP contribution in [0, 0.1) is 6.92 Å². The summed E-state index contributed by atoms with van der Waals surface area (Å²) in [5, 5.41) is 21.3. The fraction of sp³-hybridized carbons (Fsp3) is 0.545. The molecule has 0 amide bonds. The predicted molar refractivity (Wildman–Crippen MR) is 58.4 cm³/mol. The van der Waals surface area contributed by atoms with E-state index in [1.165, 1.54) is 0 Å². The average molecular weight is 210 g/mol. The summed E-state index contributed by atoms with van der Waals surface area (Å²) in [5.41, 5.74) is 1.40. The van der Waals surface area contributed by atoms with Crippen LogP contribution in [0.5, 0.6) is 0 Å². The Hall–Kier alpha value is -0.970. The second-order valence-electron chi connectivity index (χ2n) is 3.98. The molecule has 4 nitrogen and oxygen atoms in total. The summed E-state index contributed by atoms with van der Waals surface area (Å²) in [4.78, 5) is 4.17. The number of aliphatic hydroxyl groups is 2. The number of nitrogens with one attached hydrogen (secondary N) is 1. The first kappa shape index (κ1) is 12.1. The lowest BCUT2D eigenvalue weighted by molar-refractivity contribution is 0.103. The van der Waals surface area contributed by atoms with Gasteiger partial charge in [-0.2, -0.15) is 0 Å². The predicted octanol–water partition coefficient (Wildman–Crippen LogP) is 0.223. The first-order chi connectivity index (χ1) is 7.11. The Balaban J connectivity index is 2.61. The number of aliphatic hydroxyl groups excluding tert-OH is 2. The molecule has 0 fully saturated rings. The van der Waals surface area contributed by atoms with Crippen LogP contribution in [0.4, 0.5) is 0 Å². The minimum absolute atomic E-state index is 0.0944. The van der Waals surface area contributed by atoms with Crippen molar-refractivity contribution in [2.75, 3.05) is 13.2 Å². The van der Waals surface area contributed by atoms with Gasteiger partial charge in [-0.25, -0.2) is 0 Å². The van der Waals surface area contributed by atoms with E-state index in [-0.39, 0.29) is 13.2 Å². The highest BCUT2D eigenvalue weighted by molar-refractivity contribution is 5.18. The van der Waals surface area contributed by atoms with Gasteiger partial charge in [0.25, 0.3) is 0 Å². The molecule has 1 aromatic rings. The molecule has 0 aromatic carbocycles. The summed E-state index contributed by atoms with van der Waals surface area (Å²) in [6.07, 6.45) is 1.75. The van der Waals surface area contributed by atoms with Crippen molar-refractivity contribution >= 4 is 0 Å². The molecule has 0 spiro atoms. The van der Waals surface area contributed by atoms with Crippen LogP contribution in [0.3, 0.4) is 0 Å². The van der Waals surface area contributed by atoms with Crippen LogP contribution >= 0.6 is 0 Å². The van der Waals surface area contributed by atoms with Crippen LogP contribution in [-0.4, -0.2) is 33.9 Å². The Morgan fingerprint density at radius 3 is 2.60 bits per heavy atom. The first-order valence-electron chi connectivity index (χ1n) is 4.98. The number of hydrogen-bond acceptors (Lipinski definition) is 4. The zero-order chi connectivity index (χ0) is 11.3. The van der Waals surface area contributed by atoms with E-state index in [4.69, 9.17) is 10.2 Å². The summed E-state index contributed by atoms with van der Waals surface area (Å²) < 4.78 is 0. The SMILES string of the molecule is Cc1ncccc1CNC(C)(CO)CO. The minimum Gasteiger partial charge on any atom is -0.394 e. The van der Waals surface area contributed by atoms with E-state index in [1.807, 2.05) is 19.1 Å². The molecule has 15 heavy (non-hydrogen) atoms. The molecule has 4 heteroatoms. The van der Waals surface area contributed by atoms with Crippen molar-refractivity contribution in [3.8, 4) is 0 Å². The van der Waals surface area contributed by atoms with Gasteiger partial charge in [-0.15, -0.1) is 0 Å². The summed E-state index contributed by atoms with van der Waals surface area (Å²) in [6.45, 7) is 4.12. The van der Waals surface area contributed by atoms with Gasteiger partial charge in [0.1, 0.15) is 0 Å². The van der Waals surface area contributed by atoms with Gasteiger partial charge in [0.15, 0.2) is 0 Å². The molecule has 0 unspecified atom stereocenters. The van der Waals surface area contributed by atoms with E-state index >= 15 is 0 Å². The molecule has 0 aliphatic carbocycles. The zero-order valence-corrected chi connectivity index (χ0v) is 9.20. The Bertz CT molecular complexity index is 311. The Morgan fingerprint density at radius 2 is 2.07 bits per heavy atom. The zero-order valence-electron chi connectivity index (χ0n) is 9.20. The molecule has 0 saturated heterocycles. The maximum atomic E-state index is 9.09. The van der Waals surface area contributed by atoms with Gasteiger partial charge in [-0.05, 0) is 25.5 Å². The lowest BCUT2D eigenvalue weighted by atomic mass is 10.0. The van der Waals surface area contributed by atoms with Crippen molar-refractivity contribution < 1.29 is 10.2 Å². The van der Waals surface area contributed by atoms with E-state index in [9.17, 15) is 0 Å². The Labute approximate surface area is 90.0 Å². The van der Waals surface area contributed by atoms with Gasteiger partial charge in [0.05, 0.1) is 18.8 Å². The molecule has 1 rings (SSSR count). The third-order valence-corrected chi connectivity index (χ3v) is 2.52. The highest BCUT2D eigenvalue weighted by Gasteiger charge is 2.21. The quantitative estimate of drug-likeness (QED) is 0.650. The third kappa shape index (κ3) is 3.27. The number of nitrogens with zero attached hydrogens (tertiary/aromatic N) is 1. The Kier molecular flexibility index (Phi) is 4.20. The fourth-order valence-corrected chi connectivity index (χ4v) is 1.17. The second-order valence-corrected chi connectivity index (χ2v) is 3.98. The molecule has 0 saturated carbocycles. The molecule has 0 aliphatic rings. The molecule has 1 heterocycles. The lowest BCUT2D eigenvalue weighted by Crippen LogP contribution is -2.48. The molecule has 0 aliphatic heterocycles. The smallest absolute Gasteiger partial charge is 0.0633 e. The monoisotopic (exact) mass is 210 g/mol. The summed E-state index contributed by atoms with van der Waals surface area (Å²) >= 11 is 0. The average Bonchev–Trinajstić information content (AvgIpc) is 2.28. The standard InChI is InChI=1S/C11H18N2O2/c1-9-10(4-3-5-12-9)6-13-11(2,7-14)8-15/h3-5,13-15H,6-8H2,1-2H3. The Morgan fingerprint density at radius 1 is 1.40 bits per heavy atom.